The molecule has 0 bridgehead atoms. The Balaban J connectivity index is 1.22. The molecule has 12 heteroatoms. The molecule has 0 fully saturated rings. The predicted molar refractivity (Wildman–Crippen MR) is 253 cm³/mol. The highest BCUT2D eigenvalue weighted by molar-refractivity contribution is 5.92. The quantitative estimate of drug-likeness (QED) is 0.0241. The van der Waals surface area contributed by atoms with Gasteiger partial charge in [0.15, 0.2) is 11.6 Å². The van der Waals surface area contributed by atoms with Crippen LogP contribution in [0.5, 0.6) is 23.0 Å². The average Bonchev–Trinajstić information content (AvgIpc) is 3.30. The molecule has 66 heavy (non-hydrogen) atoms. The van der Waals surface area contributed by atoms with E-state index < -0.39 is 29.3 Å². The summed E-state index contributed by atoms with van der Waals surface area (Å²) in [4.78, 5) is 48.2. The van der Waals surface area contributed by atoms with Gasteiger partial charge >= 0.3 is 23.9 Å². The monoisotopic (exact) mass is 919 g/mol. The number of unbranched alkanes of at least 4 members (excludes halogenated alkanes) is 20. The minimum atomic E-state index is -1.20. The Hall–Kier alpha value is -5.52. The zero-order valence-corrected chi connectivity index (χ0v) is 39.4. The molecular formula is C54H72F2O10. The van der Waals surface area contributed by atoms with Crippen molar-refractivity contribution >= 4 is 23.9 Å². The number of esters is 4. The number of carbonyl (C=O) groups excluding carboxylic acids is 4. The molecule has 3 rings (SSSR count). The van der Waals surface area contributed by atoms with Crippen molar-refractivity contribution in [2.24, 2.45) is 0 Å². The standard InChI is InChI=1S/C54H72F2O10/c1-41(2)51(57)63-37-25-21-17-13-9-5-7-11-15-19-23-35-61-45-31-27-43(28-32-45)53(59)65-47-39-48(55)50(49(56)40-47)66-54(60)44-29-33-46(34-30-44)62-36-24-20-16-12-8-6-10-14-18-22-26-38-64-52(58)42(3)4/h27-34,39-40H,1,3,5-26,35-38H2,2,4H3. The first-order valence-electron chi connectivity index (χ1n) is 24.0. The van der Waals surface area contributed by atoms with Crippen LogP contribution in [-0.2, 0) is 19.1 Å². The zero-order valence-electron chi connectivity index (χ0n) is 39.4. The zero-order chi connectivity index (χ0) is 47.8. The molecule has 0 saturated heterocycles. The van der Waals surface area contributed by atoms with Gasteiger partial charge in [-0.25, -0.2) is 28.0 Å². The van der Waals surface area contributed by atoms with E-state index in [0.29, 0.717) is 49.1 Å². The van der Waals surface area contributed by atoms with Crippen molar-refractivity contribution in [3.63, 3.8) is 0 Å². The lowest BCUT2D eigenvalue weighted by Crippen LogP contribution is -2.12. The van der Waals surface area contributed by atoms with E-state index in [1.165, 1.54) is 88.5 Å². The van der Waals surface area contributed by atoms with Gasteiger partial charge in [-0.3, -0.25) is 0 Å². The molecule has 0 N–H and O–H groups in total. The number of benzene rings is 3. The first kappa shape index (κ1) is 54.8. The van der Waals surface area contributed by atoms with Crippen molar-refractivity contribution in [2.45, 2.75) is 155 Å². The Bertz CT molecular complexity index is 1900. The second kappa shape index (κ2) is 33.0. The van der Waals surface area contributed by atoms with Crippen LogP contribution in [0.3, 0.4) is 0 Å². The minimum Gasteiger partial charge on any atom is -0.494 e. The van der Waals surface area contributed by atoms with Crippen LogP contribution in [0.4, 0.5) is 8.78 Å². The van der Waals surface area contributed by atoms with Gasteiger partial charge in [0.1, 0.15) is 17.2 Å². The highest BCUT2D eigenvalue weighted by Crippen LogP contribution is 2.29. The highest BCUT2D eigenvalue weighted by Gasteiger charge is 2.20. The third-order valence-electron chi connectivity index (χ3n) is 10.8. The van der Waals surface area contributed by atoms with Crippen LogP contribution >= 0.6 is 0 Å². The van der Waals surface area contributed by atoms with E-state index in [1.54, 1.807) is 38.1 Å². The molecule has 0 saturated carbocycles. The molecule has 3 aromatic rings. The van der Waals surface area contributed by atoms with Gasteiger partial charge in [-0.15, -0.1) is 0 Å². The van der Waals surface area contributed by atoms with Crippen molar-refractivity contribution in [1.29, 1.82) is 0 Å². The maximum atomic E-state index is 14.9. The van der Waals surface area contributed by atoms with E-state index in [4.69, 9.17) is 28.4 Å². The van der Waals surface area contributed by atoms with Gasteiger partial charge in [0, 0.05) is 23.3 Å². The number of hydrogen-bond donors (Lipinski definition) is 0. The van der Waals surface area contributed by atoms with Gasteiger partial charge < -0.3 is 28.4 Å². The van der Waals surface area contributed by atoms with Crippen molar-refractivity contribution in [1.82, 2.24) is 0 Å². The molecule has 0 heterocycles. The Labute approximate surface area is 391 Å². The second-order valence-electron chi connectivity index (χ2n) is 16.9. The first-order chi connectivity index (χ1) is 31.9. The molecule has 0 unspecified atom stereocenters. The largest absolute Gasteiger partial charge is 0.494 e. The summed E-state index contributed by atoms with van der Waals surface area (Å²) in [6, 6.07) is 14.0. The molecule has 0 radical (unpaired) electrons. The number of hydrogen-bond acceptors (Lipinski definition) is 10. The summed E-state index contributed by atoms with van der Waals surface area (Å²) in [5, 5.41) is 0. The summed E-state index contributed by atoms with van der Waals surface area (Å²) >= 11 is 0. The molecule has 0 aliphatic carbocycles. The summed E-state index contributed by atoms with van der Waals surface area (Å²) in [6.07, 6.45) is 24.5. The lowest BCUT2D eigenvalue weighted by Gasteiger charge is -2.11. The molecule has 0 atom stereocenters. The van der Waals surface area contributed by atoms with Crippen LogP contribution in [0.25, 0.3) is 0 Å². The average molecular weight is 919 g/mol. The number of halogens is 2. The third-order valence-corrected chi connectivity index (χ3v) is 10.8. The Kier molecular flexibility index (Phi) is 27.4. The number of carbonyl (C=O) groups is 4. The third kappa shape index (κ3) is 23.6. The Morgan fingerprint density at radius 2 is 0.697 bits per heavy atom. The lowest BCUT2D eigenvalue weighted by atomic mass is 10.1. The van der Waals surface area contributed by atoms with Crippen LogP contribution in [0.15, 0.2) is 85.0 Å². The lowest BCUT2D eigenvalue weighted by molar-refractivity contribution is -0.139. The van der Waals surface area contributed by atoms with Gasteiger partial charge in [-0.05, 0) is 88.1 Å². The van der Waals surface area contributed by atoms with Gasteiger partial charge in [0.05, 0.1) is 37.6 Å². The maximum absolute atomic E-state index is 14.9. The van der Waals surface area contributed by atoms with Gasteiger partial charge in [-0.2, -0.15) is 0 Å². The fourth-order valence-corrected chi connectivity index (χ4v) is 6.93. The van der Waals surface area contributed by atoms with Gasteiger partial charge in [-0.1, -0.05) is 129 Å². The number of rotatable bonds is 36. The second-order valence-corrected chi connectivity index (χ2v) is 16.9. The summed E-state index contributed by atoms with van der Waals surface area (Å²) < 4.78 is 62.0. The highest BCUT2D eigenvalue weighted by atomic mass is 19.1. The SMILES string of the molecule is C=C(C)C(=O)OCCCCCCCCCCCCCOc1ccc(C(=O)Oc2cc(F)c(OC(=O)c3ccc(OCCCCCCCCCCCCCOC(=O)C(=C)C)cc3)c(F)c2)cc1. The smallest absolute Gasteiger partial charge is 0.343 e. The van der Waals surface area contributed by atoms with Gasteiger partial charge in [0.25, 0.3) is 0 Å². The molecule has 0 aromatic heterocycles. The van der Waals surface area contributed by atoms with Crippen LogP contribution in [-0.4, -0.2) is 50.3 Å². The van der Waals surface area contributed by atoms with E-state index in [-0.39, 0.29) is 28.8 Å². The Morgan fingerprint density at radius 1 is 0.409 bits per heavy atom. The molecular weight excluding hydrogens is 847 g/mol. The van der Waals surface area contributed by atoms with Crippen molar-refractivity contribution in [3.05, 3.63) is 108 Å². The Morgan fingerprint density at radius 3 is 1.02 bits per heavy atom. The summed E-state index contributed by atoms with van der Waals surface area (Å²) in [6.45, 7) is 12.5. The van der Waals surface area contributed by atoms with E-state index >= 15 is 0 Å². The van der Waals surface area contributed by atoms with Gasteiger partial charge in [0.2, 0.25) is 5.75 Å². The molecule has 0 aliphatic rings. The molecule has 362 valence electrons. The summed E-state index contributed by atoms with van der Waals surface area (Å²) in [7, 11) is 0. The van der Waals surface area contributed by atoms with E-state index in [2.05, 4.69) is 13.2 Å². The molecule has 0 spiro atoms. The van der Waals surface area contributed by atoms with Crippen LogP contribution in [0.1, 0.15) is 176 Å². The summed E-state index contributed by atoms with van der Waals surface area (Å²) in [5.41, 5.74) is 1.12. The minimum absolute atomic E-state index is 0.0805. The first-order valence-corrected chi connectivity index (χ1v) is 24.0. The van der Waals surface area contributed by atoms with Crippen LogP contribution in [0.2, 0.25) is 0 Å². The topological polar surface area (TPSA) is 124 Å². The van der Waals surface area contributed by atoms with Crippen molar-refractivity contribution in [2.75, 3.05) is 26.4 Å². The van der Waals surface area contributed by atoms with Crippen LogP contribution in [0, 0.1) is 11.6 Å². The normalized spacial score (nSPS) is 10.8. The fourth-order valence-electron chi connectivity index (χ4n) is 6.93. The maximum Gasteiger partial charge on any atom is 0.343 e. The molecule has 0 aliphatic heterocycles. The van der Waals surface area contributed by atoms with E-state index in [1.807, 2.05) is 0 Å². The van der Waals surface area contributed by atoms with Crippen molar-refractivity contribution < 1.29 is 56.4 Å². The molecule has 10 nitrogen and oxygen atoms in total. The van der Waals surface area contributed by atoms with Crippen molar-refractivity contribution in [3.8, 4) is 23.0 Å². The summed E-state index contributed by atoms with van der Waals surface area (Å²) in [5.74, 6) is -4.94. The number of ether oxygens (including phenoxy) is 6. The molecule has 3 aromatic carbocycles. The fraction of sp³-hybridized carbons (Fsp3) is 0.519. The molecule has 0 amide bonds. The van der Waals surface area contributed by atoms with Crippen LogP contribution < -0.4 is 18.9 Å². The van der Waals surface area contributed by atoms with E-state index in [0.717, 1.165) is 89.2 Å². The van der Waals surface area contributed by atoms with E-state index in [9.17, 15) is 28.0 Å². The predicted octanol–water partition coefficient (Wildman–Crippen LogP) is 14.0.